The van der Waals surface area contributed by atoms with E-state index in [1.807, 2.05) is 23.3 Å². The molecule has 6 N–H and O–H groups in total. The van der Waals surface area contributed by atoms with E-state index in [1.165, 1.54) is 0 Å². The fourth-order valence-electron chi connectivity index (χ4n) is 0.680. The molecule has 15 heavy (non-hydrogen) atoms. The second-order valence-electron chi connectivity index (χ2n) is 2.43. The van der Waals surface area contributed by atoms with Crippen LogP contribution in [0.25, 0.3) is 0 Å². The minimum absolute atomic E-state index is 1.08. The molecule has 2 aliphatic heterocycles. The summed E-state index contributed by atoms with van der Waals surface area (Å²) in [5.41, 5.74) is 9.83. The van der Waals surface area contributed by atoms with Gasteiger partial charge in [-0.1, -0.05) is 0 Å². The topological polar surface area (TPSA) is 138 Å². The normalized spacial score (nSPS) is 16.7. The summed E-state index contributed by atoms with van der Waals surface area (Å²) in [6, 6.07) is 0. The van der Waals surface area contributed by atoms with Crippen molar-refractivity contribution in [1.82, 2.24) is 10.9 Å². The van der Waals surface area contributed by atoms with Crippen LogP contribution in [0.15, 0.2) is 24.6 Å². The van der Waals surface area contributed by atoms with Crippen molar-refractivity contribution in [2.24, 2.45) is 0 Å². The Kier molecular flexibility index (Phi) is 7.84. The molecule has 2 aliphatic rings. The standard InChI is InChI=1S/2C3H6N2.Cr.4O/c2*1-2-4-5-3-1;;;;;/h2*1-2,4-5H,3H2;;;;;/q;;;;;2*-1/p+2. The van der Waals surface area contributed by atoms with Crippen molar-refractivity contribution in [2.45, 2.75) is 0 Å². The first kappa shape index (κ1) is 14.1. The van der Waals surface area contributed by atoms with E-state index in [2.05, 4.69) is 23.0 Å². The van der Waals surface area contributed by atoms with E-state index in [1.54, 1.807) is 0 Å². The van der Waals surface area contributed by atoms with Crippen LogP contribution in [0.1, 0.15) is 0 Å². The molecule has 0 spiro atoms. The molecule has 9 heteroatoms. The Bertz CT molecular complexity index is 264. The maximum absolute atomic E-state index is 8.59. The van der Waals surface area contributed by atoms with Gasteiger partial charge in [-0.3, -0.25) is 0 Å². The van der Waals surface area contributed by atoms with E-state index in [9.17, 15) is 0 Å². The molecule has 2 heterocycles. The van der Waals surface area contributed by atoms with E-state index < -0.39 is 13.6 Å². The van der Waals surface area contributed by atoms with Crippen molar-refractivity contribution in [2.75, 3.05) is 13.1 Å². The summed E-state index contributed by atoms with van der Waals surface area (Å²) >= 11 is -5.75. The average Bonchev–Trinajstić information content (AvgIpc) is 2.81. The van der Waals surface area contributed by atoms with Gasteiger partial charge in [0.2, 0.25) is 0 Å². The summed E-state index contributed by atoms with van der Waals surface area (Å²) in [6.07, 6.45) is 8.00. The van der Waals surface area contributed by atoms with E-state index in [-0.39, 0.29) is 0 Å². The number of rotatable bonds is 0. The van der Waals surface area contributed by atoms with Crippen molar-refractivity contribution < 1.29 is 40.4 Å². The van der Waals surface area contributed by atoms with E-state index in [0.717, 1.165) is 13.1 Å². The Morgan fingerprint density at radius 2 is 1.33 bits per heavy atom. The van der Waals surface area contributed by atoms with Gasteiger partial charge in [0.05, 0.1) is 12.4 Å². The van der Waals surface area contributed by atoms with Gasteiger partial charge >= 0.3 is 29.5 Å². The predicted octanol–water partition coefficient (Wildman–Crippen LogP) is -5.45. The number of nitrogens with two attached hydrogens (primary N) is 2. The van der Waals surface area contributed by atoms with Crippen LogP contribution in [0.2, 0.25) is 0 Å². The SMILES string of the molecule is C1=CN[NH2+]C1.C1=CN[NH2+]C1.[O]=[Cr](=[O])([O-])[O-]. The monoisotopic (exact) mass is 258 g/mol. The molecule has 2 rings (SSSR count). The van der Waals surface area contributed by atoms with Crippen LogP contribution in [-0.4, -0.2) is 13.1 Å². The van der Waals surface area contributed by atoms with E-state index in [4.69, 9.17) is 15.9 Å². The molecule has 8 nitrogen and oxygen atoms in total. The van der Waals surface area contributed by atoms with Crippen molar-refractivity contribution in [1.29, 1.82) is 0 Å². The van der Waals surface area contributed by atoms with Gasteiger partial charge in [-0.05, 0) is 12.2 Å². The van der Waals surface area contributed by atoms with E-state index in [0.29, 0.717) is 0 Å². The minimum atomic E-state index is -5.75. The Hall–Kier alpha value is -0.948. The van der Waals surface area contributed by atoms with Gasteiger partial charge in [0.15, 0.2) is 0 Å². The molecule has 0 aliphatic carbocycles. The molecule has 0 fully saturated rings. The third-order valence-electron chi connectivity index (χ3n) is 1.17. The van der Waals surface area contributed by atoms with Crippen LogP contribution in [-0.2, 0) is 21.2 Å². The van der Waals surface area contributed by atoms with Gasteiger partial charge in [0.25, 0.3) is 0 Å². The van der Waals surface area contributed by atoms with Gasteiger partial charge in [0, 0.05) is 0 Å². The predicted molar refractivity (Wildman–Crippen MR) is 39.5 cm³/mol. The molecular formula is C6H14CrN4O4. The zero-order valence-corrected chi connectivity index (χ0v) is 9.19. The molecule has 88 valence electrons. The summed E-state index contributed by atoms with van der Waals surface area (Å²) in [7, 11) is 0. The number of hydrogen-bond donors (Lipinski definition) is 4. The molecule has 0 saturated heterocycles. The molecule has 0 saturated carbocycles. The Morgan fingerprint density at radius 1 is 1.00 bits per heavy atom. The Morgan fingerprint density at radius 3 is 1.40 bits per heavy atom. The first-order valence-corrected chi connectivity index (χ1v) is 6.20. The van der Waals surface area contributed by atoms with Gasteiger partial charge in [-0.15, -0.1) is 0 Å². The van der Waals surface area contributed by atoms with Gasteiger partial charge in [0.1, 0.15) is 13.1 Å². The fraction of sp³-hybridized carbons (Fsp3) is 0.333. The summed E-state index contributed by atoms with van der Waals surface area (Å²) in [5.74, 6) is 0. The van der Waals surface area contributed by atoms with Crippen LogP contribution in [0.5, 0.6) is 0 Å². The molecular weight excluding hydrogens is 244 g/mol. The van der Waals surface area contributed by atoms with Crippen molar-refractivity contribution in [3.8, 4) is 0 Å². The van der Waals surface area contributed by atoms with Crippen LogP contribution < -0.4 is 30.0 Å². The van der Waals surface area contributed by atoms with E-state index >= 15 is 0 Å². The molecule has 0 atom stereocenters. The fourth-order valence-corrected chi connectivity index (χ4v) is 0.680. The summed E-state index contributed by atoms with van der Waals surface area (Å²) in [5, 5.41) is 0. The third kappa shape index (κ3) is 19.5. The second-order valence-corrected chi connectivity index (χ2v) is 3.70. The average molecular weight is 258 g/mol. The molecule has 0 aromatic rings. The molecule has 0 radical (unpaired) electrons. The van der Waals surface area contributed by atoms with Gasteiger partial charge in [-0.2, -0.15) is 0 Å². The Labute approximate surface area is 89.4 Å². The van der Waals surface area contributed by atoms with Crippen LogP contribution in [0.3, 0.4) is 0 Å². The van der Waals surface area contributed by atoms with Crippen LogP contribution in [0, 0.1) is 0 Å². The van der Waals surface area contributed by atoms with Crippen molar-refractivity contribution in [3.63, 3.8) is 0 Å². The van der Waals surface area contributed by atoms with Crippen molar-refractivity contribution >= 4 is 0 Å². The number of hydrogen-bond acceptors (Lipinski definition) is 6. The zero-order chi connectivity index (χ0) is 11.6. The number of nitrogens with one attached hydrogen (secondary N) is 2. The third-order valence-corrected chi connectivity index (χ3v) is 1.17. The quantitative estimate of drug-likeness (QED) is 0.320. The van der Waals surface area contributed by atoms with Crippen LogP contribution in [0.4, 0.5) is 0 Å². The summed E-state index contributed by atoms with van der Waals surface area (Å²) in [6.45, 7) is 2.17. The van der Waals surface area contributed by atoms with Gasteiger partial charge < -0.3 is 0 Å². The molecule has 0 aromatic carbocycles. The summed E-state index contributed by atoms with van der Waals surface area (Å²) < 4.78 is 34.4. The Balaban J connectivity index is 0.000000196. The molecule has 0 amide bonds. The molecule has 0 bridgehead atoms. The van der Waals surface area contributed by atoms with Gasteiger partial charge in [-0.25, -0.2) is 21.7 Å². The van der Waals surface area contributed by atoms with Crippen LogP contribution >= 0.6 is 0 Å². The molecule has 0 unspecified atom stereocenters. The molecule has 0 aromatic heterocycles. The maximum atomic E-state index is 8.59. The second kappa shape index (κ2) is 8.37. The van der Waals surface area contributed by atoms with Crippen molar-refractivity contribution in [3.05, 3.63) is 24.6 Å². The first-order valence-electron chi connectivity index (χ1n) is 4.12. The number of quaternary nitrogens is 2. The summed E-state index contributed by atoms with van der Waals surface area (Å²) in [4.78, 5) is 0. The zero-order valence-electron chi connectivity index (χ0n) is 7.92. The first-order chi connectivity index (χ1) is 7.00.